The summed E-state index contributed by atoms with van der Waals surface area (Å²) >= 11 is 0. The highest BCUT2D eigenvalue weighted by Gasteiger charge is 2.44. The summed E-state index contributed by atoms with van der Waals surface area (Å²) in [5.41, 5.74) is 4.88. The maximum atomic E-state index is 12.5. The molecule has 2 atom stereocenters. The predicted octanol–water partition coefficient (Wildman–Crippen LogP) is 3.65. The van der Waals surface area contributed by atoms with Gasteiger partial charge in [-0.3, -0.25) is 9.89 Å². The molecule has 0 saturated heterocycles. The van der Waals surface area contributed by atoms with Gasteiger partial charge in [0.1, 0.15) is 0 Å². The van der Waals surface area contributed by atoms with E-state index in [1.165, 1.54) is 29.7 Å². The maximum Gasteiger partial charge on any atom is 0.229 e. The van der Waals surface area contributed by atoms with E-state index in [1.54, 1.807) is 0 Å². The number of nitrogens with zero attached hydrogens (tertiary/aromatic N) is 1. The number of hydrogen-bond donors (Lipinski definition) is 2. The third-order valence-electron chi connectivity index (χ3n) is 4.99. The van der Waals surface area contributed by atoms with Crippen LogP contribution in [0, 0.1) is 19.8 Å². The molecule has 4 rings (SSSR count). The lowest BCUT2D eigenvalue weighted by atomic mass is 10.0. The number of H-pyrrole nitrogens is 1. The number of aromatic nitrogens is 2. The van der Waals surface area contributed by atoms with Crippen LogP contribution >= 0.6 is 0 Å². The number of carbonyl (C=O) groups excluding carboxylic acids is 1. The van der Waals surface area contributed by atoms with E-state index in [-0.39, 0.29) is 11.8 Å². The van der Waals surface area contributed by atoms with Gasteiger partial charge in [0, 0.05) is 23.1 Å². The summed E-state index contributed by atoms with van der Waals surface area (Å²) in [4.78, 5) is 12.5. The first-order chi connectivity index (χ1) is 10.6. The second-order valence-corrected chi connectivity index (χ2v) is 6.68. The second kappa shape index (κ2) is 4.97. The molecule has 0 bridgehead atoms. The first kappa shape index (κ1) is 13.6. The van der Waals surface area contributed by atoms with Gasteiger partial charge in [0.05, 0.1) is 0 Å². The molecule has 0 spiro atoms. The number of amides is 1. The fourth-order valence-electron chi connectivity index (χ4n) is 3.34. The largest absolute Gasteiger partial charge is 0.309 e. The summed E-state index contributed by atoms with van der Waals surface area (Å²) in [5, 5.41) is 10.4. The minimum atomic E-state index is 0.0848. The molecule has 2 saturated carbocycles. The van der Waals surface area contributed by atoms with Crippen molar-refractivity contribution in [3.63, 3.8) is 0 Å². The topological polar surface area (TPSA) is 57.8 Å². The van der Waals surface area contributed by atoms with Crippen LogP contribution in [0.5, 0.6) is 0 Å². The van der Waals surface area contributed by atoms with Gasteiger partial charge in [0.25, 0.3) is 0 Å². The van der Waals surface area contributed by atoms with Gasteiger partial charge >= 0.3 is 0 Å². The molecular formula is C18H21N3O. The van der Waals surface area contributed by atoms with Crippen LogP contribution < -0.4 is 5.32 Å². The molecule has 1 aromatic carbocycles. The van der Waals surface area contributed by atoms with Gasteiger partial charge in [0.2, 0.25) is 5.91 Å². The quantitative estimate of drug-likeness (QED) is 0.904. The van der Waals surface area contributed by atoms with E-state index in [0.717, 1.165) is 12.0 Å². The van der Waals surface area contributed by atoms with Gasteiger partial charge in [0.15, 0.2) is 5.82 Å². The number of aryl methyl sites for hydroxylation is 1. The highest BCUT2D eigenvalue weighted by Crippen LogP contribution is 2.49. The zero-order chi connectivity index (χ0) is 15.3. The molecule has 1 heterocycles. The Balaban J connectivity index is 1.45. The van der Waals surface area contributed by atoms with Gasteiger partial charge in [-0.2, -0.15) is 5.10 Å². The number of nitrogens with one attached hydrogen (secondary N) is 2. The van der Waals surface area contributed by atoms with Crippen molar-refractivity contribution in [2.75, 3.05) is 5.32 Å². The average molecular weight is 295 g/mol. The lowest BCUT2D eigenvalue weighted by molar-refractivity contribution is -0.117. The van der Waals surface area contributed by atoms with Crippen LogP contribution in [-0.4, -0.2) is 16.1 Å². The standard InChI is InChI=1S/C18H21N3O/c1-10-5-3-4-6-13(10)14-9-15(14)18(22)19-17-11(2)16(20-21-17)12-7-8-12/h3-6,12,14-15H,7-9H2,1-2H3,(H2,19,20,21,22)/t14-,15-/m1/s1. The Kier molecular flexibility index (Phi) is 3.06. The van der Waals surface area contributed by atoms with E-state index < -0.39 is 0 Å². The Morgan fingerprint density at radius 2 is 2.05 bits per heavy atom. The van der Waals surface area contributed by atoms with Crippen LogP contribution in [-0.2, 0) is 4.79 Å². The first-order valence-corrected chi connectivity index (χ1v) is 8.06. The Morgan fingerprint density at radius 3 is 2.77 bits per heavy atom. The van der Waals surface area contributed by atoms with Crippen molar-refractivity contribution in [2.45, 2.75) is 44.9 Å². The summed E-state index contributed by atoms with van der Waals surface area (Å²) in [5.74, 6) is 1.89. The molecule has 0 radical (unpaired) electrons. The number of carbonyl (C=O) groups is 1. The maximum absolute atomic E-state index is 12.5. The summed E-state index contributed by atoms with van der Waals surface area (Å²) in [7, 11) is 0. The van der Waals surface area contributed by atoms with Crippen LogP contribution in [0.15, 0.2) is 24.3 Å². The number of benzene rings is 1. The summed E-state index contributed by atoms with van der Waals surface area (Å²) < 4.78 is 0. The molecule has 2 N–H and O–H groups in total. The Labute approximate surface area is 130 Å². The molecule has 2 aromatic rings. The van der Waals surface area contributed by atoms with Gasteiger partial charge in [-0.05, 0) is 50.2 Å². The fraction of sp³-hybridized carbons (Fsp3) is 0.444. The molecule has 0 aliphatic heterocycles. The highest BCUT2D eigenvalue weighted by molar-refractivity contribution is 5.95. The van der Waals surface area contributed by atoms with Crippen molar-refractivity contribution in [1.29, 1.82) is 0 Å². The molecule has 1 aromatic heterocycles. The molecule has 22 heavy (non-hydrogen) atoms. The van der Waals surface area contributed by atoms with Crippen molar-refractivity contribution in [2.24, 2.45) is 5.92 Å². The molecule has 2 aliphatic carbocycles. The zero-order valence-electron chi connectivity index (χ0n) is 13.0. The monoisotopic (exact) mass is 295 g/mol. The number of rotatable bonds is 4. The minimum absolute atomic E-state index is 0.0848. The number of aromatic amines is 1. The second-order valence-electron chi connectivity index (χ2n) is 6.68. The molecule has 4 heteroatoms. The smallest absolute Gasteiger partial charge is 0.229 e. The Morgan fingerprint density at radius 1 is 1.27 bits per heavy atom. The lowest BCUT2D eigenvalue weighted by Gasteiger charge is -2.05. The first-order valence-electron chi connectivity index (χ1n) is 8.06. The molecule has 114 valence electrons. The van der Waals surface area contributed by atoms with Crippen molar-refractivity contribution in [3.05, 3.63) is 46.6 Å². The fourth-order valence-corrected chi connectivity index (χ4v) is 3.34. The number of hydrogen-bond acceptors (Lipinski definition) is 2. The van der Waals surface area contributed by atoms with Crippen molar-refractivity contribution in [3.8, 4) is 0 Å². The van der Waals surface area contributed by atoms with Gasteiger partial charge in [-0.15, -0.1) is 0 Å². The van der Waals surface area contributed by atoms with Crippen LogP contribution in [0.2, 0.25) is 0 Å². The molecule has 2 fully saturated rings. The van der Waals surface area contributed by atoms with Crippen molar-refractivity contribution >= 4 is 11.7 Å². The van der Waals surface area contributed by atoms with Gasteiger partial charge in [-0.25, -0.2) is 0 Å². The zero-order valence-corrected chi connectivity index (χ0v) is 13.0. The molecular weight excluding hydrogens is 274 g/mol. The summed E-state index contributed by atoms with van der Waals surface area (Å²) in [6, 6.07) is 8.35. The van der Waals surface area contributed by atoms with Crippen molar-refractivity contribution < 1.29 is 4.79 Å². The third kappa shape index (κ3) is 2.32. The van der Waals surface area contributed by atoms with Gasteiger partial charge < -0.3 is 5.32 Å². The van der Waals surface area contributed by atoms with Crippen LogP contribution in [0.25, 0.3) is 0 Å². The van der Waals surface area contributed by atoms with E-state index in [4.69, 9.17) is 0 Å². The SMILES string of the molecule is Cc1ccccc1[C@H]1C[C@H]1C(=O)Nc1n[nH]c(C2CC2)c1C. The molecule has 0 unspecified atom stereocenters. The highest BCUT2D eigenvalue weighted by atomic mass is 16.2. The average Bonchev–Trinajstić information content (AvgIpc) is 3.41. The van der Waals surface area contributed by atoms with E-state index >= 15 is 0 Å². The van der Waals surface area contributed by atoms with Gasteiger partial charge in [-0.1, -0.05) is 24.3 Å². The predicted molar refractivity (Wildman–Crippen MR) is 86.0 cm³/mol. The minimum Gasteiger partial charge on any atom is -0.309 e. The molecule has 2 aliphatic rings. The Bertz CT molecular complexity index is 730. The van der Waals surface area contributed by atoms with E-state index in [2.05, 4.69) is 40.6 Å². The van der Waals surface area contributed by atoms with Crippen LogP contribution in [0.4, 0.5) is 5.82 Å². The van der Waals surface area contributed by atoms with Crippen LogP contribution in [0.3, 0.4) is 0 Å². The van der Waals surface area contributed by atoms with E-state index in [0.29, 0.717) is 17.7 Å². The third-order valence-corrected chi connectivity index (χ3v) is 4.99. The normalized spacial score (nSPS) is 23.4. The van der Waals surface area contributed by atoms with Crippen LogP contribution in [0.1, 0.15) is 53.5 Å². The van der Waals surface area contributed by atoms with E-state index in [9.17, 15) is 4.79 Å². The molecule has 1 amide bonds. The van der Waals surface area contributed by atoms with Crippen molar-refractivity contribution in [1.82, 2.24) is 10.2 Å². The van der Waals surface area contributed by atoms with E-state index in [1.807, 2.05) is 13.0 Å². The summed E-state index contributed by atoms with van der Waals surface area (Å²) in [6.45, 7) is 4.15. The lowest BCUT2D eigenvalue weighted by Crippen LogP contribution is -2.15. The number of anilines is 1. The summed E-state index contributed by atoms with van der Waals surface area (Å²) in [6.07, 6.45) is 3.40. The Hall–Kier alpha value is -2.10. The molecule has 4 nitrogen and oxygen atoms in total.